The Balaban J connectivity index is 2.77. The second kappa shape index (κ2) is 14.3. The Morgan fingerprint density at radius 2 is 1.72 bits per heavy atom. The van der Waals surface area contributed by atoms with E-state index >= 15 is 0 Å². The Hall–Kier alpha value is -2.51. The molecule has 36 heavy (non-hydrogen) atoms. The number of carbonyl (C=O) groups excluding carboxylic acids is 2. The van der Waals surface area contributed by atoms with Crippen molar-refractivity contribution in [3.63, 3.8) is 0 Å². The van der Waals surface area contributed by atoms with Crippen LogP contribution in [0.1, 0.15) is 84.3 Å². The molecule has 12 nitrogen and oxygen atoms in total. The molecular weight excluding hydrogens is 490 g/mol. The van der Waals surface area contributed by atoms with Crippen LogP contribution < -0.4 is 16.0 Å². The maximum atomic E-state index is 12.3. The molecule has 1 aromatic rings. The van der Waals surface area contributed by atoms with Gasteiger partial charge in [-0.3, -0.25) is 0 Å². The molecule has 0 radical (unpaired) electrons. The quantitative estimate of drug-likeness (QED) is 0.280. The van der Waals surface area contributed by atoms with Gasteiger partial charge in [0.05, 0.1) is 24.9 Å². The molecule has 0 aliphatic heterocycles. The third-order valence-electron chi connectivity index (χ3n) is 4.36. The summed E-state index contributed by atoms with van der Waals surface area (Å²) in [5, 5.41) is 26.4. The van der Waals surface area contributed by atoms with Crippen LogP contribution in [0.3, 0.4) is 0 Å². The molecule has 1 heterocycles. The zero-order chi connectivity index (χ0) is 27.5. The summed E-state index contributed by atoms with van der Waals surface area (Å²) in [6.07, 6.45) is 0.502. The number of amides is 3. The largest absolute Gasteiger partial charge is 0.480 e. The first-order valence-electron chi connectivity index (χ1n) is 12.0. The van der Waals surface area contributed by atoms with Crippen LogP contribution in [0.2, 0.25) is 0 Å². The molecule has 1 aromatic heterocycles. The lowest BCUT2D eigenvalue weighted by Crippen LogP contribution is -2.53. The van der Waals surface area contributed by atoms with Crippen molar-refractivity contribution in [3.8, 4) is 0 Å². The Bertz CT molecular complexity index is 851. The van der Waals surface area contributed by atoms with Crippen molar-refractivity contribution < 1.29 is 33.7 Å². The smallest absolute Gasteiger partial charge is 0.408 e. The number of carboxylic acid groups (broad SMARTS) is 1. The number of carbonyl (C=O) groups is 3. The number of nitrogens with zero attached hydrogens (tertiary/aromatic N) is 2. The zero-order valence-corrected chi connectivity index (χ0v) is 23.3. The van der Waals surface area contributed by atoms with E-state index in [0.717, 1.165) is 12.8 Å². The molecule has 0 saturated heterocycles. The SMILES string of the molecule is CCCCOCC(NC(=O)OC(C)(C)C)c1nnc(CNC(=O)NC(C(=O)O)C(C)OC(C)(C)C)s1. The van der Waals surface area contributed by atoms with Crippen molar-refractivity contribution in [2.75, 3.05) is 13.2 Å². The maximum absolute atomic E-state index is 12.3. The predicted octanol–water partition coefficient (Wildman–Crippen LogP) is 3.38. The summed E-state index contributed by atoms with van der Waals surface area (Å²) >= 11 is 1.19. The van der Waals surface area contributed by atoms with Crippen molar-refractivity contribution in [2.45, 2.75) is 104 Å². The molecule has 0 fully saturated rings. The van der Waals surface area contributed by atoms with E-state index in [-0.39, 0.29) is 13.2 Å². The minimum Gasteiger partial charge on any atom is -0.480 e. The van der Waals surface area contributed by atoms with E-state index in [1.165, 1.54) is 11.3 Å². The first-order chi connectivity index (χ1) is 16.6. The molecule has 206 valence electrons. The third-order valence-corrected chi connectivity index (χ3v) is 5.40. The van der Waals surface area contributed by atoms with Gasteiger partial charge in [-0.25, -0.2) is 14.4 Å². The molecule has 0 saturated carbocycles. The van der Waals surface area contributed by atoms with Crippen molar-refractivity contribution in [3.05, 3.63) is 10.0 Å². The third kappa shape index (κ3) is 13.0. The minimum atomic E-state index is -1.24. The number of alkyl carbamates (subject to hydrolysis) is 1. The van der Waals surface area contributed by atoms with Gasteiger partial charge in [0.25, 0.3) is 0 Å². The van der Waals surface area contributed by atoms with Crippen molar-refractivity contribution >= 4 is 29.4 Å². The second-order valence-electron chi connectivity index (χ2n) is 10.2. The standard InChI is InChI=1S/C23H41N5O7S/c1-9-10-11-33-13-15(25-21(32)35-23(6,7)8)18-28-27-16(36-18)12-24-20(31)26-17(19(29)30)14(2)34-22(3,4)5/h14-15,17H,9-13H2,1-8H3,(H,25,32)(H,29,30)(H2,24,26,31). The van der Waals surface area contributed by atoms with Crippen molar-refractivity contribution in [2.24, 2.45) is 0 Å². The van der Waals surface area contributed by atoms with E-state index in [2.05, 4.69) is 33.1 Å². The highest BCUT2D eigenvalue weighted by Crippen LogP contribution is 2.20. The van der Waals surface area contributed by atoms with E-state index in [0.29, 0.717) is 16.6 Å². The van der Waals surface area contributed by atoms with Crippen LogP contribution in [0.15, 0.2) is 0 Å². The molecule has 0 aliphatic carbocycles. The van der Waals surface area contributed by atoms with E-state index in [1.807, 2.05) is 0 Å². The first kappa shape index (κ1) is 31.5. The summed E-state index contributed by atoms with van der Waals surface area (Å²) in [6.45, 7) is 15.1. The summed E-state index contributed by atoms with van der Waals surface area (Å²) in [5.41, 5.74) is -1.23. The van der Waals surface area contributed by atoms with Crippen LogP contribution in [0.4, 0.5) is 9.59 Å². The number of ether oxygens (including phenoxy) is 3. The lowest BCUT2D eigenvalue weighted by Gasteiger charge is -2.29. The molecule has 3 unspecified atom stereocenters. The highest BCUT2D eigenvalue weighted by atomic mass is 32.1. The molecule has 0 bridgehead atoms. The summed E-state index contributed by atoms with van der Waals surface area (Å²) in [5.74, 6) is -1.21. The number of unbranched alkanes of at least 4 members (excludes halogenated alkanes) is 1. The Morgan fingerprint density at radius 1 is 1.06 bits per heavy atom. The zero-order valence-electron chi connectivity index (χ0n) is 22.5. The minimum absolute atomic E-state index is 0.0141. The fraction of sp³-hybridized carbons (Fsp3) is 0.783. The molecule has 3 atom stereocenters. The second-order valence-corrected chi connectivity index (χ2v) is 11.3. The number of aliphatic carboxylic acids is 1. The van der Waals surface area contributed by atoms with Crippen LogP contribution in [0.5, 0.6) is 0 Å². The van der Waals surface area contributed by atoms with Crippen LogP contribution in [-0.4, -0.2) is 70.0 Å². The van der Waals surface area contributed by atoms with Crippen LogP contribution >= 0.6 is 11.3 Å². The number of carboxylic acids is 1. The Kier molecular flexibility index (Phi) is 12.5. The molecule has 0 spiro atoms. The first-order valence-corrected chi connectivity index (χ1v) is 12.8. The van der Waals surface area contributed by atoms with E-state index in [4.69, 9.17) is 14.2 Å². The summed E-state index contributed by atoms with van der Waals surface area (Å²) < 4.78 is 16.7. The fourth-order valence-electron chi connectivity index (χ4n) is 2.90. The van der Waals surface area contributed by atoms with Gasteiger partial charge in [-0.15, -0.1) is 10.2 Å². The van der Waals surface area contributed by atoms with E-state index in [9.17, 15) is 19.5 Å². The van der Waals surface area contributed by atoms with Crippen LogP contribution in [-0.2, 0) is 25.5 Å². The average Bonchev–Trinajstić information content (AvgIpc) is 3.18. The predicted molar refractivity (Wildman–Crippen MR) is 135 cm³/mol. The van der Waals surface area contributed by atoms with Gasteiger partial charge in [0.15, 0.2) is 6.04 Å². The van der Waals surface area contributed by atoms with E-state index in [1.54, 1.807) is 48.5 Å². The van der Waals surface area contributed by atoms with Gasteiger partial charge >= 0.3 is 18.1 Å². The Morgan fingerprint density at radius 3 is 2.28 bits per heavy atom. The Labute approximate surface area is 216 Å². The number of nitrogens with one attached hydrogen (secondary N) is 3. The number of rotatable bonds is 13. The topological polar surface area (TPSA) is 161 Å². The summed E-state index contributed by atoms with van der Waals surface area (Å²) in [4.78, 5) is 36.3. The van der Waals surface area contributed by atoms with Crippen LogP contribution in [0, 0.1) is 0 Å². The molecule has 1 rings (SSSR count). The van der Waals surface area contributed by atoms with Gasteiger partial charge in [0.2, 0.25) is 0 Å². The van der Waals surface area contributed by atoms with Crippen LogP contribution in [0.25, 0.3) is 0 Å². The molecular formula is C23H41N5O7S. The monoisotopic (exact) mass is 531 g/mol. The molecule has 4 N–H and O–H groups in total. The fourth-order valence-corrected chi connectivity index (χ4v) is 3.72. The normalized spacial score (nSPS) is 14.4. The van der Waals surface area contributed by atoms with Gasteiger partial charge in [0.1, 0.15) is 21.7 Å². The van der Waals surface area contributed by atoms with Gasteiger partial charge in [-0.05, 0) is 54.9 Å². The van der Waals surface area contributed by atoms with Gasteiger partial charge in [-0.1, -0.05) is 24.7 Å². The molecule has 0 aromatic carbocycles. The average molecular weight is 532 g/mol. The number of urea groups is 1. The number of aromatic nitrogens is 2. The van der Waals surface area contributed by atoms with Crippen molar-refractivity contribution in [1.29, 1.82) is 0 Å². The summed E-state index contributed by atoms with van der Waals surface area (Å²) in [6, 6.07) is -2.50. The molecule has 13 heteroatoms. The van der Waals surface area contributed by atoms with E-state index < -0.39 is 47.5 Å². The van der Waals surface area contributed by atoms with Gasteiger partial charge in [0, 0.05) is 6.61 Å². The van der Waals surface area contributed by atoms with Gasteiger partial charge < -0.3 is 35.3 Å². The van der Waals surface area contributed by atoms with Gasteiger partial charge in [-0.2, -0.15) is 0 Å². The lowest BCUT2D eigenvalue weighted by molar-refractivity contribution is -0.146. The lowest BCUT2D eigenvalue weighted by atomic mass is 10.1. The highest BCUT2D eigenvalue weighted by Gasteiger charge is 2.30. The summed E-state index contributed by atoms with van der Waals surface area (Å²) in [7, 11) is 0. The molecule has 3 amide bonds. The maximum Gasteiger partial charge on any atom is 0.408 e. The number of hydrogen-bond donors (Lipinski definition) is 4. The highest BCUT2D eigenvalue weighted by molar-refractivity contribution is 7.11. The molecule has 0 aliphatic rings. The van der Waals surface area contributed by atoms with Crippen molar-refractivity contribution in [1.82, 2.24) is 26.1 Å². The number of hydrogen-bond acceptors (Lipinski definition) is 9.